The molecule has 0 saturated carbocycles. The first-order valence-electron chi connectivity index (χ1n) is 7.69. The van der Waals surface area contributed by atoms with E-state index in [2.05, 4.69) is 20.4 Å². The monoisotopic (exact) mass is 353 g/mol. The van der Waals surface area contributed by atoms with Gasteiger partial charge in [0.25, 0.3) is 11.8 Å². The van der Waals surface area contributed by atoms with Crippen molar-refractivity contribution < 1.29 is 18.9 Å². The van der Waals surface area contributed by atoms with E-state index in [-0.39, 0.29) is 12.2 Å². The fourth-order valence-corrected chi connectivity index (χ4v) is 2.43. The Morgan fingerprint density at radius 3 is 2.73 bits per heavy atom. The van der Waals surface area contributed by atoms with Gasteiger partial charge in [0.1, 0.15) is 6.04 Å². The maximum Gasteiger partial charge on any atom is 0.291 e. The van der Waals surface area contributed by atoms with Gasteiger partial charge in [-0.05, 0) is 24.3 Å². The van der Waals surface area contributed by atoms with Gasteiger partial charge in [0.2, 0.25) is 11.5 Å². The second-order valence-electron chi connectivity index (χ2n) is 5.44. The number of primary amides is 1. The van der Waals surface area contributed by atoms with E-state index >= 15 is 0 Å². The van der Waals surface area contributed by atoms with Crippen molar-refractivity contribution in [3.63, 3.8) is 0 Å². The van der Waals surface area contributed by atoms with E-state index in [1.54, 1.807) is 42.7 Å². The molecule has 1 atom stereocenters. The van der Waals surface area contributed by atoms with Gasteiger partial charge in [-0.15, -0.1) is 0 Å². The van der Waals surface area contributed by atoms with E-state index in [9.17, 15) is 14.4 Å². The summed E-state index contributed by atoms with van der Waals surface area (Å²) in [6, 6.07) is 7.49. The van der Waals surface area contributed by atoms with Crippen LogP contribution in [0.5, 0.6) is 0 Å². The molecule has 3 rings (SSSR count). The predicted octanol–water partition coefficient (Wildman–Crippen LogP) is 0.460. The Labute approximate surface area is 147 Å². The molecule has 0 radical (unpaired) electrons. The normalized spacial score (nSPS) is 11.7. The largest absolute Gasteiger partial charge is 0.365 e. The number of Topliss-reactive ketones (excluding diaryl/α,β-unsaturated/α-hetero) is 1. The molecule has 0 fully saturated rings. The highest BCUT2D eigenvalue weighted by molar-refractivity contribution is 6.38. The Bertz CT molecular complexity index is 918. The Kier molecular flexibility index (Phi) is 4.88. The lowest BCUT2D eigenvalue weighted by Gasteiger charge is -2.15. The van der Waals surface area contributed by atoms with Gasteiger partial charge >= 0.3 is 0 Å². The van der Waals surface area contributed by atoms with Crippen LogP contribution in [0.4, 0.5) is 0 Å². The van der Waals surface area contributed by atoms with E-state index in [1.165, 1.54) is 6.20 Å². The lowest BCUT2D eigenvalue weighted by atomic mass is 10.1. The van der Waals surface area contributed by atoms with Crippen molar-refractivity contribution in [2.45, 2.75) is 12.5 Å². The number of nitrogens with zero attached hydrogens (tertiary/aromatic N) is 2. The molecule has 0 aliphatic carbocycles. The summed E-state index contributed by atoms with van der Waals surface area (Å²) >= 11 is 0. The zero-order chi connectivity index (χ0) is 18.5. The minimum Gasteiger partial charge on any atom is -0.365 e. The summed E-state index contributed by atoms with van der Waals surface area (Å²) in [7, 11) is 0. The fourth-order valence-electron chi connectivity index (χ4n) is 2.43. The molecule has 9 nitrogen and oxygen atoms in total. The number of ketones is 1. The summed E-state index contributed by atoms with van der Waals surface area (Å²) in [4.78, 5) is 43.0. The maximum atomic E-state index is 12.6. The predicted molar refractivity (Wildman–Crippen MR) is 89.7 cm³/mol. The third kappa shape index (κ3) is 3.66. The molecule has 9 heteroatoms. The van der Waals surface area contributed by atoms with Crippen molar-refractivity contribution in [2.24, 2.45) is 5.73 Å². The molecule has 2 amide bonds. The average molecular weight is 353 g/mol. The van der Waals surface area contributed by atoms with Gasteiger partial charge in [0, 0.05) is 24.5 Å². The van der Waals surface area contributed by atoms with Gasteiger partial charge in [-0.3, -0.25) is 19.4 Å². The second-order valence-corrected chi connectivity index (χ2v) is 5.44. The van der Waals surface area contributed by atoms with Crippen molar-refractivity contribution in [1.82, 2.24) is 20.4 Å². The first kappa shape index (κ1) is 17.1. The number of carbonyl (C=O) groups is 3. The number of rotatable bonds is 7. The molecular weight excluding hydrogens is 338 g/mol. The van der Waals surface area contributed by atoms with E-state index < -0.39 is 23.6 Å². The third-order valence-corrected chi connectivity index (χ3v) is 3.67. The van der Waals surface area contributed by atoms with Crippen LogP contribution < -0.4 is 11.1 Å². The minimum atomic E-state index is -1.14. The van der Waals surface area contributed by atoms with Crippen LogP contribution in [0.25, 0.3) is 11.3 Å². The third-order valence-electron chi connectivity index (χ3n) is 3.67. The summed E-state index contributed by atoms with van der Waals surface area (Å²) in [5.74, 6) is -2.86. The van der Waals surface area contributed by atoms with Crippen molar-refractivity contribution in [1.29, 1.82) is 0 Å². The SMILES string of the molecule is NC(=O)C(=O)C(Cc1ccc[nH]1)NC(=O)c1oncc1-c1ccccn1. The lowest BCUT2D eigenvalue weighted by molar-refractivity contribution is -0.137. The van der Waals surface area contributed by atoms with Gasteiger partial charge in [-0.25, -0.2) is 0 Å². The highest BCUT2D eigenvalue weighted by atomic mass is 16.5. The summed E-state index contributed by atoms with van der Waals surface area (Å²) < 4.78 is 5.02. The number of pyridine rings is 1. The van der Waals surface area contributed by atoms with Gasteiger partial charge < -0.3 is 20.6 Å². The van der Waals surface area contributed by atoms with Crippen LogP contribution in [0, 0.1) is 0 Å². The molecule has 132 valence electrons. The molecule has 1 unspecified atom stereocenters. The number of amides is 2. The molecule has 0 bridgehead atoms. The van der Waals surface area contributed by atoms with Crippen molar-refractivity contribution >= 4 is 17.6 Å². The molecule has 26 heavy (non-hydrogen) atoms. The van der Waals surface area contributed by atoms with Crippen LogP contribution in [0.15, 0.2) is 53.4 Å². The second kappa shape index (κ2) is 7.43. The molecular formula is C17H15N5O4. The Balaban J connectivity index is 1.83. The number of hydrogen-bond acceptors (Lipinski definition) is 6. The molecule has 0 aliphatic heterocycles. The Hall–Kier alpha value is -3.75. The molecule has 0 aromatic carbocycles. The molecule has 3 aromatic heterocycles. The molecule has 0 saturated heterocycles. The van der Waals surface area contributed by atoms with Crippen LogP contribution in [0.1, 0.15) is 16.2 Å². The molecule has 4 N–H and O–H groups in total. The van der Waals surface area contributed by atoms with Gasteiger partial charge in [-0.1, -0.05) is 11.2 Å². The average Bonchev–Trinajstić information content (AvgIpc) is 3.32. The molecule has 3 heterocycles. The number of hydrogen-bond donors (Lipinski definition) is 3. The standard InChI is InChI=1S/C17H15N5O4/c18-16(24)14(23)13(8-10-4-3-7-19-10)22-17(25)15-11(9-21-26-15)12-5-1-2-6-20-12/h1-7,9,13,19H,8H2,(H2,18,24)(H,22,25). The van der Waals surface area contributed by atoms with E-state index in [4.69, 9.17) is 10.3 Å². The smallest absolute Gasteiger partial charge is 0.291 e. The van der Waals surface area contributed by atoms with Crippen molar-refractivity contribution in [2.75, 3.05) is 0 Å². The van der Waals surface area contributed by atoms with Crippen LogP contribution in [0.2, 0.25) is 0 Å². The van der Waals surface area contributed by atoms with E-state index in [1.807, 2.05) is 0 Å². The summed E-state index contributed by atoms with van der Waals surface area (Å²) in [5.41, 5.74) is 6.60. The van der Waals surface area contributed by atoms with Crippen molar-refractivity contribution in [3.05, 3.63) is 60.4 Å². The molecule has 0 spiro atoms. The van der Waals surface area contributed by atoms with Crippen LogP contribution >= 0.6 is 0 Å². The van der Waals surface area contributed by atoms with Crippen LogP contribution in [-0.4, -0.2) is 38.8 Å². The summed E-state index contributed by atoms with van der Waals surface area (Å²) in [5, 5.41) is 6.10. The lowest BCUT2D eigenvalue weighted by Crippen LogP contribution is -2.47. The quantitative estimate of drug-likeness (QED) is 0.526. The Morgan fingerprint density at radius 1 is 1.23 bits per heavy atom. The fraction of sp³-hybridized carbons (Fsp3) is 0.118. The number of aromatic nitrogens is 3. The zero-order valence-corrected chi connectivity index (χ0v) is 13.5. The first-order valence-corrected chi connectivity index (χ1v) is 7.69. The molecule has 3 aromatic rings. The van der Waals surface area contributed by atoms with Crippen LogP contribution in [-0.2, 0) is 16.0 Å². The number of aromatic amines is 1. The van der Waals surface area contributed by atoms with Gasteiger partial charge in [0.15, 0.2) is 0 Å². The van der Waals surface area contributed by atoms with Gasteiger partial charge in [-0.2, -0.15) is 0 Å². The number of nitrogens with two attached hydrogens (primary N) is 1. The summed E-state index contributed by atoms with van der Waals surface area (Å²) in [6.45, 7) is 0. The van der Waals surface area contributed by atoms with Crippen LogP contribution in [0.3, 0.4) is 0 Å². The maximum absolute atomic E-state index is 12.6. The topological polar surface area (TPSA) is 144 Å². The zero-order valence-electron chi connectivity index (χ0n) is 13.5. The van der Waals surface area contributed by atoms with E-state index in [0.717, 1.165) is 0 Å². The van der Waals surface area contributed by atoms with E-state index in [0.29, 0.717) is 17.0 Å². The minimum absolute atomic E-state index is 0.0770. The van der Waals surface area contributed by atoms with Crippen molar-refractivity contribution in [3.8, 4) is 11.3 Å². The number of carbonyl (C=O) groups excluding carboxylic acids is 3. The molecule has 0 aliphatic rings. The Morgan fingerprint density at radius 2 is 2.08 bits per heavy atom. The number of nitrogens with one attached hydrogen (secondary N) is 2. The van der Waals surface area contributed by atoms with Gasteiger partial charge in [0.05, 0.1) is 17.5 Å². The summed E-state index contributed by atoms with van der Waals surface area (Å²) in [6.07, 6.45) is 4.66. The highest BCUT2D eigenvalue weighted by Gasteiger charge is 2.29. The number of H-pyrrole nitrogens is 1. The highest BCUT2D eigenvalue weighted by Crippen LogP contribution is 2.21. The first-order chi connectivity index (χ1) is 12.6.